The molecular formula is C63H94O24. The van der Waals surface area contributed by atoms with Crippen molar-refractivity contribution < 1.29 is 117 Å². The number of esters is 1. The van der Waals surface area contributed by atoms with Gasteiger partial charge in [-0.25, -0.2) is 4.79 Å². The summed E-state index contributed by atoms with van der Waals surface area (Å²) in [7, 11) is 4.66. The van der Waals surface area contributed by atoms with Crippen molar-refractivity contribution in [3.63, 3.8) is 0 Å². The third-order valence-corrected chi connectivity index (χ3v) is 21.4. The van der Waals surface area contributed by atoms with Crippen molar-refractivity contribution in [2.24, 2.45) is 16.7 Å². The van der Waals surface area contributed by atoms with Gasteiger partial charge in [0.25, 0.3) is 0 Å². The lowest BCUT2D eigenvalue weighted by molar-refractivity contribution is -0.358. The predicted octanol–water partition coefficient (Wildman–Crippen LogP) is 2.41. The fourth-order valence-electron chi connectivity index (χ4n) is 16.3. The van der Waals surface area contributed by atoms with Crippen LogP contribution in [0.4, 0.5) is 0 Å². The number of carbonyl (C=O) groups is 2. The number of carbonyl (C=O) groups excluding carboxylic acids is 2. The van der Waals surface area contributed by atoms with Crippen molar-refractivity contribution in [2.75, 3.05) is 27.9 Å². The Hall–Kier alpha value is -3.00. The van der Waals surface area contributed by atoms with Crippen LogP contribution < -0.4 is 0 Å². The lowest BCUT2D eigenvalue weighted by Crippen LogP contribution is -2.78. The third kappa shape index (κ3) is 12.3. The van der Waals surface area contributed by atoms with Crippen LogP contribution in [0, 0.1) is 16.7 Å². The minimum Gasteiger partial charge on any atom is -0.458 e. The fraction of sp³-hybridized carbons (Fsp3) is 0.810. The van der Waals surface area contributed by atoms with E-state index in [2.05, 4.69) is 6.92 Å². The van der Waals surface area contributed by atoms with Gasteiger partial charge in [0.2, 0.25) is 0 Å². The zero-order chi connectivity index (χ0) is 62.7. The van der Waals surface area contributed by atoms with E-state index >= 15 is 0 Å². The number of aliphatic hydroxyl groups excluding tert-OH is 5. The first-order valence-electron chi connectivity index (χ1n) is 31.0. The second kappa shape index (κ2) is 26.5. The summed E-state index contributed by atoms with van der Waals surface area (Å²) in [5, 5.41) is 90.7. The van der Waals surface area contributed by atoms with Crippen LogP contribution in [0.15, 0.2) is 48.1 Å². The van der Waals surface area contributed by atoms with E-state index in [9.17, 15) is 50.4 Å². The number of hydrogen-bond donors (Lipinski definition) is 8. The summed E-state index contributed by atoms with van der Waals surface area (Å²) in [6, 6.07) is 9.23. The number of hydrogen-bond acceptors (Lipinski definition) is 24. The van der Waals surface area contributed by atoms with Crippen molar-refractivity contribution in [1.82, 2.24) is 0 Å². The molecule has 24 nitrogen and oxygen atoms in total. The highest BCUT2D eigenvalue weighted by Gasteiger charge is 2.81. The van der Waals surface area contributed by atoms with E-state index in [1.54, 1.807) is 34.1 Å². The number of fused-ring (bicyclic) bond motifs is 5. The average molecular weight is 1240 g/mol. The number of ether oxygens (including phenoxy) is 14. The van der Waals surface area contributed by atoms with Crippen LogP contribution in [0.5, 0.6) is 0 Å². The summed E-state index contributed by atoms with van der Waals surface area (Å²) >= 11 is 0. The van der Waals surface area contributed by atoms with Crippen molar-refractivity contribution in [3.8, 4) is 0 Å². The standard InChI is InChI=1S/C63H94O24/c1-31-54(84-48-26-40(74-8)55(32(2)78-48)85-49-27-41(75-9)56(33(3)79-49)86-50-28-42(76-10)57(34(4)80-50)87-58-53(70)52(69)51(68)43(30-64)82-58)39(66)25-47(77-31)81-38-19-20-59(6)37(24-38)18-21-62(72)44(59)29-45(83-46(67)17-16-36-14-12-11-13-15-36)60(7)61(71,35(5)65)22-23-63(60,62)73/h11-18,31-34,38-45,47-58,64,66,68-73H,19-30H2,1-10H3. The molecule has 24 heteroatoms. The van der Waals surface area contributed by atoms with Gasteiger partial charge in [-0.15, -0.1) is 0 Å². The van der Waals surface area contributed by atoms with Crippen molar-refractivity contribution in [1.29, 1.82) is 0 Å². The molecule has 0 amide bonds. The Kier molecular flexibility index (Phi) is 20.4. The van der Waals surface area contributed by atoms with Crippen molar-refractivity contribution in [2.45, 2.75) is 277 Å². The second-order valence-electron chi connectivity index (χ2n) is 26.2. The maximum atomic E-state index is 13.6. The summed E-state index contributed by atoms with van der Waals surface area (Å²) in [6.45, 7) is 11.6. The number of Topliss-reactive ketones (excluding diaryl/α,β-unsaturated/α-hetero) is 1. The van der Waals surface area contributed by atoms with Gasteiger partial charge in [0.05, 0.1) is 67.0 Å². The highest BCUT2D eigenvalue weighted by Crippen LogP contribution is 2.71. The highest BCUT2D eigenvalue weighted by atomic mass is 16.8. The van der Waals surface area contributed by atoms with Gasteiger partial charge in [0.15, 0.2) is 37.2 Å². The largest absolute Gasteiger partial charge is 0.458 e. The van der Waals surface area contributed by atoms with Crippen LogP contribution in [0.2, 0.25) is 0 Å². The number of rotatable bonds is 18. The van der Waals surface area contributed by atoms with Crippen LogP contribution in [-0.4, -0.2) is 239 Å². The van der Waals surface area contributed by atoms with Crippen LogP contribution >= 0.6 is 0 Å². The Balaban J connectivity index is 0.714. The Morgan fingerprint density at radius 2 is 1.17 bits per heavy atom. The molecule has 4 aliphatic carbocycles. The van der Waals surface area contributed by atoms with Crippen molar-refractivity contribution >= 4 is 17.8 Å². The normalized spacial score (nSPS) is 49.3. The SMILES string of the molecule is COC1CC(OC2C(O)CC(OC3CCC4(C)C(=CCC5(O)C4CC(OC(=O)C=Cc4ccccc4)C4(C)C(O)(C(C)=O)CCC54O)C3)OC2C)OC(C)C1OC1CC(OC)C(OC2CC(OC)C(OC3OC(CO)C(O)C(O)C3O)C(C)O2)C(C)O1. The average Bonchev–Trinajstić information content (AvgIpc) is 1.61. The molecule has 0 radical (unpaired) electrons. The molecule has 3 saturated carbocycles. The molecule has 5 aliphatic heterocycles. The van der Waals surface area contributed by atoms with Gasteiger partial charge in [0.1, 0.15) is 71.7 Å². The van der Waals surface area contributed by atoms with E-state index in [4.69, 9.17) is 66.3 Å². The molecule has 10 rings (SSSR count). The second-order valence-corrected chi connectivity index (χ2v) is 26.2. The Morgan fingerprint density at radius 3 is 1.70 bits per heavy atom. The van der Waals surface area contributed by atoms with Crippen LogP contribution in [-0.2, 0) is 75.9 Å². The summed E-state index contributed by atoms with van der Waals surface area (Å²) in [4.78, 5) is 27.0. The lowest BCUT2D eigenvalue weighted by Gasteiger charge is -2.67. The van der Waals surface area contributed by atoms with E-state index in [1.165, 1.54) is 20.1 Å². The zero-order valence-electron chi connectivity index (χ0n) is 51.6. The van der Waals surface area contributed by atoms with Gasteiger partial charge < -0.3 is 107 Å². The molecule has 8 fully saturated rings. The Bertz CT molecular complexity index is 2560. The summed E-state index contributed by atoms with van der Waals surface area (Å²) < 4.78 is 87.4. The molecule has 87 heavy (non-hydrogen) atoms. The van der Waals surface area contributed by atoms with E-state index in [0.29, 0.717) is 19.3 Å². The molecule has 5 heterocycles. The van der Waals surface area contributed by atoms with E-state index in [0.717, 1.165) is 11.1 Å². The number of ketones is 1. The van der Waals surface area contributed by atoms with E-state index < -0.39 is 187 Å². The topological polar surface area (TPSA) is 325 Å². The van der Waals surface area contributed by atoms with Gasteiger partial charge in [-0.05, 0) is 104 Å². The summed E-state index contributed by atoms with van der Waals surface area (Å²) in [6.07, 6.45) is -12.3. The van der Waals surface area contributed by atoms with Gasteiger partial charge in [-0.2, -0.15) is 0 Å². The molecule has 0 aromatic heterocycles. The predicted molar refractivity (Wildman–Crippen MR) is 303 cm³/mol. The van der Waals surface area contributed by atoms with Crippen LogP contribution in [0.3, 0.4) is 0 Å². The minimum atomic E-state index is -2.07. The summed E-state index contributed by atoms with van der Waals surface area (Å²) in [5.41, 5.74) is -6.48. The highest BCUT2D eigenvalue weighted by molar-refractivity contribution is 5.88. The minimum absolute atomic E-state index is 0.0468. The lowest BCUT2D eigenvalue weighted by atomic mass is 9.42. The molecule has 0 spiro atoms. The monoisotopic (exact) mass is 1230 g/mol. The summed E-state index contributed by atoms with van der Waals surface area (Å²) in [5.74, 6) is -1.89. The quantitative estimate of drug-likeness (QED) is 0.0594. The fourth-order valence-corrected chi connectivity index (χ4v) is 16.3. The van der Waals surface area contributed by atoms with Crippen molar-refractivity contribution in [3.05, 3.63) is 53.6 Å². The van der Waals surface area contributed by atoms with Gasteiger partial charge in [-0.1, -0.05) is 48.9 Å². The molecule has 1 aromatic rings. The Morgan fingerprint density at radius 1 is 0.644 bits per heavy atom. The molecule has 8 N–H and O–H groups in total. The zero-order valence-corrected chi connectivity index (χ0v) is 51.6. The number of aliphatic hydroxyl groups is 8. The molecule has 29 unspecified atom stereocenters. The third-order valence-electron chi connectivity index (χ3n) is 21.4. The first-order valence-corrected chi connectivity index (χ1v) is 31.0. The number of methoxy groups -OCH3 is 3. The van der Waals surface area contributed by atoms with E-state index in [-0.39, 0.29) is 57.5 Å². The molecule has 5 saturated heterocycles. The molecule has 1 aromatic carbocycles. The van der Waals surface area contributed by atoms with Gasteiger partial charge in [-0.3, -0.25) is 4.79 Å². The van der Waals surface area contributed by atoms with E-state index in [1.807, 2.05) is 57.2 Å². The first-order chi connectivity index (χ1) is 41.2. The molecule has 9 aliphatic rings. The maximum absolute atomic E-state index is 13.6. The van der Waals surface area contributed by atoms with Gasteiger partial charge >= 0.3 is 5.97 Å². The first kappa shape index (κ1) is 66.9. The molecule has 29 atom stereocenters. The molecule has 490 valence electrons. The molecule has 0 bridgehead atoms. The smallest absolute Gasteiger partial charge is 0.331 e. The molecular weight excluding hydrogens is 1140 g/mol. The maximum Gasteiger partial charge on any atom is 0.331 e. The van der Waals surface area contributed by atoms with Crippen LogP contribution in [0.1, 0.15) is 125 Å². The Labute approximate surface area is 508 Å². The number of benzene rings is 1. The van der Waals surface area contributed by atoms with Crippen LogP contribution in [0.25, 0.3) is 6.08 Å². The van der Waals surface area contributed by atoms with Gasteiger partial charge in [0, 0.05) is 59.0 Å².